The number of benzene rings is 1. The van der Waals surface area contributed by atoms with Gasteiger partial charge in [0.1, 0.15) is 0 Å². The first-order valence-corrected chi connectivity index (χ1v) is 8.20. The molecule has 0 bridgehead atoms. The van der Waals surface area contributed by atoms with Crippen LogP contribution in [0.15, 0.2) is 18.2 Å². The molecule has 0 atom stereocenters. The molecule has 1 aromatic rings. The molecule has 1 aliphatic carbocycles. The standard InChI is InChI=1S/C16H22BrNO/c1-12-6-3-7-13(2)15(12)16(19)18(11-5-10-17)14-8-4-9-14/h3,6-7,14H,4-5,8-11H2,1-2H3. The maximum Gasteiger partial charge on any atom is 0.254 e. The summed E-state index contributed by atoms with van der Waals surface area (Å²) in [5, 5.41) is 0.955. The van der Waals surface area contributed by atoms with E-state index < -0.39 is 0 Å². The van der Waals surface area contributed by atoms with Crippen LogP contribution in [-0.4, -0.2) is 28.7 Å². The lowest BCUT2D eigenvalue weighted by atomic mass is 9.90. The number of carbonyl (C=O) groups is 1. The number of nitrogens with zero attached hydrogens (tertiary/aromatic N) is 1. The summed E-state index contributed by atoms with van der Waals surface area (Å²) in [6, 6.07) is 6.55. The molecule has 2 rings (SSSR count). The van der Waals surface area contributed by atoms with Crippen molar-refractivity contribution in [3.05, 3.63) is 34.9 Å². The van der Waals surface area contributed by atoms with E-state index in [0.717, 1.165) is 35.0 Å². The van der Waals surface area contributed by atoms with Crippen molar-refractivity contribution in [2.75, 3.05) is 11.9 Å². The van der Waals surface area contributed by atoms with Gasteiger partial charge in [-0.1, -0.05) is 34.1 Å². The summed E-state index contributed by atoms with van der Waals surface area (Å²) >= 11 is 3.46. The lowest BCUT2D eigenvalue weighted by Gasteiger charge is -2.38. The normalized spacial score (nSPS) is 15.1. The van der Waals surface area contributed by atoms with Gasteiger partial charge in [0.05, 0.1) is 0 Å². The topological polar surface area (TPSA) is 20.3 Å². The van der Waals surface area contributed by atoms with E-state index in [1.54, 1.807) is 0 Å². The number of amides is 1. The van der Waals surface area contributed by atoms with Crippen molar-refractivity contribution in [1.82, 2.24) is 4.90 Å². The van der Waals surface area contributed by atoms with Crippen LogP contribution in [0.1, 0.15) is 47.2 Å². The van der Waals surface area contributed by atoms with Gasteiger partial charge in [-0.25, -0.2) is 0 Å². The minimum absolute atomic E-state index is 0.223. The fraction of sp³-hybridized carbons (Fsp3) is 0.562. The Labute approximate surface area is 124 Å². The van der Waals surface area contributed by atoms with Crippen molar-refractivity contribution in [3.8, 4) is 0 Å². The van der Waals surface area contributed by atoms with Gasteiger partial charge < -0.3 is 4.90 Å². The Balaban J connectivity index is 2.22. The van der Waals surface area contributed by atoms with Gasteiger partial charge in [-0.15, -0.1) is 0 Å². The van der Waals surface area contributed by atoms with Crippen LogP contribution in [0.2, 0.25) is 0 Å². The smallest absolute Gasteiger partial charge is 0.254 e. The summed E-state index contributed by atoms with van der Waals surface area (Å²) in [6.45, 7) is 4.93. The zero-order valence-electron chi connectivity index (χ0n) is 11.8. The lowest BCUT2D eigenvalue weighted by molar-refractivity contribution is 0.0579. The van der Waals surface area contributed by atoms with Crippen LogP contribution in [-0.2, 0) is 0 Å². The summed E-state index contributed by atoms with van der Waals surface area (Å²) in [7, 11) is 0. The number of aryl methyl sites for hydroxylation is 2. The molecule has 1 saturated carbocycles. The molecule has 0 saturated heterocycles. The van der Waals surface area contributed by atoms with Crippen LogP contribution in [0.3, 0.4) is 0 Å². The van der Waals surface area contributed by atoms with E-state index in [4.69, 9.17) is 0 Å². The second-order valence-electron chi connectivity index (χ2n) is 5.39. The highest BCUT2D eigenvalue weighted by Gasteiger charge is 2.30. The Morgan fingerprint density at radius 2 is 1.95 bits per heavy atom. The monoisotopic (exact) mass is 323 g/mol. The van der Waals surface area contributed by atoms with E-state index in [0.29, 0.717) is 6.04 Å². The summed E-state index contributed by atoms with van der Waals surface area (Å²) in [5.74, 6) is 0.223. The van der Waals surface area contributed by atoms with Crippen LogP contribution in [0, 0.1) is 13.8 Å². The van der Waals surface area contributed by atoms with Gasteiger partial charge in [0.2, 0.25) is 0 Å². The molecule has 0 aliphatic heterocycles. The second-order valence-corrected chi connectivity index (χ2v) is 6.19. The van der Waals surface area contributed by atoms with Crippen molar-refractivity contribution in [1.29, 1.82) is 0 Å². The van der Waals surface area contributed by atoms with E-state index in [2.05, 4.69) is 20.8 Å². The summed E-state index contributed by atoms with van der Waals surface area (Å²) in [6.07, 6.45) is 4.61. The predicted octanol–water partition coefficient (Wildman–Crippen LogP) is 4.08. The number of carbonyl (C=O) groups excluding carboxylic acids is 1. The van der Waals surface area contributed by atoms with Crippen molar-refractivity contribution in [3.63, 3.8) is 0 Å². The molecule has 0 unspecified atom stereocenters. The molecule has 0 spiro atoms. The zero-order chi connectivity index (χ0) is 13.8. The molecule has 104 valence electrons. The third-order valence-corrected chi connectivity index (χ3v) is 4.56. The number of hydrogen-bond acceptors (Lipinski definition) is 1. The maximum atomic E-state index is 12.8. The van der Waals surface area contributed by atoms with Gasteiger partial charge in [-0.3, -0.25) is 4.79 Å². The van der Waals surface area contributed by atoms with Crippen molar-refractivity contribution < 1.29 is 4.79 Å². The van der Waals surface area contributed by atoms with E-state index in [1.807, 2.05) is 32.0 Å². The third kappa shape index (κ3) is 3.19. The fourth-order valence-corrected chi connectivity index (χ4v) is 2.92. The Morgan fingerprint density at radius 3 is 2.42 bits per heavy atom. The summed E-state index contributed by atoms with van der Waals surface area (Å²) in [4.78, 5) is 14.9. The number of halogens is 1. The highest BCUT2D eigenvalue weighted by molar-refractivity contribution is 9.09. The van der Waals surface area contributed by atoms with E-state index in [9.17, 15) is 4.79 Å². The van der Waals surface area contributed by atoms with Gasteiger partial charge in [0, 0.05) is 23.5 Å². The first-order valence-electron chi connectivity index (χ1n) is 7.08. The van der Waals surface area contributed by atoms with Gasteiger partial charge in [0.15, 0.2) is 0 Å². The van der Waals surface area contributed by atoms with E-state index in [-0.39, 0.29) is 5.91 Å². The molecule has 19 heavy (non-hydrogen) atoms. The molecule has 2 nitrogen and oxygen atoms in total. The molecule has 1 aromatic carbocycles. The molecule has 1 aliphatic rings. The molecular weight excluding hydrogens is 302 g/mol. The van der Waals surface area contributed by atoms with Crippen LogP contribution in [0.25, 0.3) is 0 Å². The Kier molecular flexibility index (Phi) is 5.03. The number of rotatable bonds is 5. The molecule has 1 fully saturated rings. The second kappa shape index (κ2) is 6.56. The van der Waals surface area contributed by atoms with Crippen LogP contribution >= 0.6 is 15.9 Å². The summed E-state index contributed by atoms with van der Waals surface area (Å²) < 4.78 is 0. The molecule has 1 amide bonds. The quantitative estimate of drug-likeness (QED) is 0.747. The number of alkyl halides is 1. The molecule has 0 aromatic heterocycles. The zero-order valence-corrected chi connectivity index (χ0v) is 13.4. The van der Waals surface area contributed by atoms with Crippen molar-refractivity contribution in [2.24, 2.45) is 0 Å². The van der Waals surface area contributed by atoms with Gasteiger partial charge in [-0.05, 0) is 50.7 Å². The minimum atomic E-state index is 0.223. The molecule has 0 radical (unpaired) electrons. The molecule has 0 heterocycles. The Morgan fingerprint density at radius 1 is 1.32 bits per heavy atom. The predicted molar refractivity (Wildman–Crippen MR) is 83.0 cm³/mol. The number of hydrogen-bond donors (Lipinski definition) is 0. The average Bonchev–Trinajstić information content (AvgIpc) is 2.31. The first-order chi connectivity index (χ1) is 9.15. The highest BCUT2D eigenvalue weighted by atomic mass is 79.9. The first kappa shape index (κ1) is 14.6. The minimum Gasteiger partial charge on any atom is -0.336 e. The highest BCUT2D eigenvalue weighted by Crippen LogP contribution is 2.28. The van der Waals surface area contributed by atoms with Crippen LogP contribution in [0.4, 0.5) is 0 Å². The van der Waals surface area contributed by atoms with Gasteiger partial charge in [-0.2, -0.15) is 0 Å². The van der Waals surface area contributed by atoms with E-state index in [1.165, 1.54) is 19.3 Å². The fourth-order valence-electron chi connectivity index (χ4n) is 2.67. The van der Waals surface area contributed by atoms with Gasteiger partial charge >= 0.3 is 0 Å². The molecule has 3 heteroatoms. The largest absolute Gasteiger partial charge is 0.336 e. The average molecular weight is 324 g/mol. The van der Waals surface area contributed by atoms with Crippen LogP contribution in [0.5, 0.6) is 0 Å². The Hall–Kier alpha value is -0.830. The van der Waals surface area contributed by atoms with Crippen molar-refractivity contribution in [2.45, 2.75) is 45.6 Å². The Bertz CT molecular complexity index is 434. The molecule has 0 N–H and O–H groups in total. The molecular formula is C16H22BrNO. The maximum absolute atomic E-state index is 12.8. The van der Waals surface area contributed by atoms with Crippen molar-refractivity contribution >= 4 is 21.8 Å². The van der Waals surface area contributed by atoms with E-state index >= 15 is 0 Å². The van der Waals surface area contributed by atoms with Gasteiger partial charge in [0.25, 0.3) is 5.91 Å². The third-order valence-electron chi connectivity index (χ3n) is 4.00. The lowest BCUT2D eigenvalue weighted by Crippen LogP contribution is -2.45. The summed E-state index contributed by atoms with van der Waals surface area (Å²) in [5.41, 5.74) is 3.09. The van der Waals surface area contributed by atoms with Crippen LogP contribution < -0.4 is 0 Å². The SMILES string of the molecule is Cc1cccc(C)c1C(=O)N(CCCBr)C1CCC1.